The number of carbonyl (C=O) groups is 1. The Balaban J connectivity index is 1.78. The lowest BCUT2D eigenvalue weighted by atomic mass is 10.0. The van der Waals surface area contributed by atoms with Crippen molar-refractivity contribution < 1.29 is 22.7 Å². The molecule has 176 valence electrons. The highest BCUT2D eigenvalue weighted by atomic mass is 19.3. The van der Waals surface area contributed by atoms with Crippen molar-refractivity contribution in [1.29, 1.82) is 0 Å². The van der Waals surface area contributed by atoms with Crippen LogP contribution in [0.3, 0.4) is 0 Å². The summed E-state index contributed by atoms with van der Waals surface area (Å²) in [7, 11) is 1.79. The second-order valence-corrected chi connectivity index (χ2v) is 7.90. The van der Waals surface area contributed by atoms with E-state index in [4.69, 9.17) is 4.74 Å². The number of hydrogen-bond acceptors (Lipinski definition) is 4. The second-order valence-electron chi connectivity index (χ2n) is 7.90. The molecule has 6 nitrogen and oxygen atoms in total. The average Bonchev–Trinajstić information content (AvgIpc) is 3.26. The van der Waals surface area contributed by atoms with Gasteiger partial charge in [0.15, 0.2) is 6.61 Å². The number of amides is 1. The summed E-state index contributed by atoms with van der Waals surface area (Å²) in [5.41, 5.74) is 2.98. The first-order valence-corrected chi connectivity index (χ1v) is 10.6. The Kier molecular flexibility index (Phi) is 7.09. The normalized spacial score (nSPS) is 14.6. The Morgan fingerprint density at radius 2 is 2.12 bits per heavy atom. The molecule has 2 aromatic rings. The summed E-state index contributed by atoms with van der Waals surface area (Å²) in [6.07, 6.45) is 2.91. The SMILES string of the molecule is C=C(OCC(F)(F)CC)C1=C(/N=C\C)CN(Cc2ccc(-c3cn(C)nc3C)cc2F)C1=O. The zero-order valence-corrected chi connectivity index (χ0v) is 19.2. The number of nitrogens with zero attached hydrogens (tertiary/aromatic N) is 4. The van der Waals surface area contributed by atoms with E-state index in [1.807, 2.05) is 13.1 Å². The number of aliphatic imine (C=N–C) groups is 1. The molecule has 0 bridgehead atoms. The van der Waals surface area contributed by atoms with Gasteiger partial charge in [-0.25, -0.2) is 13.2 Å². The lowest BCUT2D eigenvalue weighted by Gasteiger charge is -2.19. The third-order valence-corrected chi connectivity index (χ3v) is 5.41. The monoisotopic (exact) mass is 460 g/mol. The number of rotatable bonds is 9. The van der Waals surface area contributed by atoms with Crippen molar-refractivity contribution in [2.75, 3.05) is 13.2 Å². The first kappa shape index (κ1) is 24.3. The molecular formula is C24H27F3N4O2. The molecule has 0 fully saturated rings. The van der Waals surface area contributed by atoms with Gasteiger partial charge in [0, 0.05) is 43.6 Å². The van der Waals surface area contributed by atoms with Crippen molar-refractivity contribution >= 4 is 12.1 Å². The van der Waals surface area contributed by atoms with Crippen LogP contribution in [0, 0.1) is 12.7 Å². The van der Waals surface area contributed by atoms with E-state index < -0.39 is 30.7 Å². The van der Waals surface area contributed by atoms with Crippen molar-refractivity contribution in [1.82, 2.24) is 14.7 Å². The van der Waals surface area contributed by atoms with Crippen LogP contribution >= 0.6 is 0 Å². The van der Waals surface area contributed by atoms with Crippen LogP contribution in [-0.4, -0.2) is 45.9 Å². The quantitative estimate of drug-likeness (QED) is 0.399. The summed E-state index contributed by atoms with van der Waals surface area (Å²) in [6.45, 7) is 7.71. The van der Waals surface area contributed by atoms with E-state index in [-0.39, 0.29) is 24.4 Å². The Morgan fingerprint density at radius 3 is 2.70 bits per heavy atom. The highest BCUT2D eigenvalue weighted by Crippen LogP contribution is 2.31. The zero-order chi connectivity index (χ0) is 24.3. The van der Waals surface area contributed by atoms with E-state index in [1.165, 1.54) is 24.1 Å². The van der Waals surface area contributed by atoms with Crippen molar-refractivity contribution in [3.05, 3.63) is 65.1 Å². The van der Waals surface area contributed by atoms with E-state index >= 15 is 0 Å². The maximum Gasteiger partial charge on any atom is 0.281 e. The van der Waals surface area contributed by atoms with Crippen molar-refractivity contribution in [3.63, 3.8) is 0 Å². The van der Waals surface area contributed by atoms with Crippen LogP contribution < -0.4 is 0 Å². The fraction of sp³-hybridized carbons (Fsp3) is 0.375. The fourth-order valence-corrected chi connectivity index (χ4v) is 3.58. The molecule has 3 rings (SSSR count). The van der Waals surface area contributed by atoms with Gasteiger partial charge in [0.1, 0.15) is 17.1 Å². The van der Waals surface area contributed by atoms with Crippen LogP contribution in [0.5, 0.6) is 0 Å². The molecule has 0 radical (unpaired) electrons. The van der Waals surface area contributed by atoms with Gasteiger partial charge in [0.05, 0.1) is 17.9 Å². The van der Waals surface area contributed by atoms with Crippen molar-refractivity contribution in [2.45, 2.75) is 39.7 Å². The summed E-state index contributed by atoms with van der Waals surface area (Å²) in [5, 5.41) is 4.27. The molecule has 1 aromatic heterocycles. The lowest BCUT2D eigenvalue weighted by Crippen LogP contribution is -2.28. The molecule has 0 atom stereocenters. The number of aryl methyl sites for hydroxylation is 2. The van der Waals surface area contributed by atoms with E-state index in [2.05, 4.69) is 16.7 Å². The first-order chi connectivity index (χ1) is 15.6. The van der Waals surface area contributed by atoms with E-state index in [0.717, 1.165) is 11.3 Å². The summed E-state index contributed by atoms with van der Waals surface area (Å²) in [4.78, 5) is 18.6. The number of alkyl halides is 2. The smallest absolute Gasteiger partial charge is 0.281 e. The summed E-state index contributed by atoms with van der Waals surface area (Å²) < 4.78 is 48.9. The Bertz CT molecular complexity index is 1130. The molecule has 9 heteroatoms. The molecular weight excluding hydrogens is 433 g/mol. The van der Waals surface area contributed by atoms with Crippen LogP contribution in [0.1, 0.15) is 31.5 Å². The Morgan fingerprint density at radius 1 is 1.39 bits per heavy atom. The highest BCUT2D eigenvalue weighted by Gasteiger charge is 2.35. The molecule has 1 aliphatic heterocycles. The average molecular weight is 461 g/mol. The fourth-order valence-electron chi connectivity index (χ4n) is 3.58. The molecule has 2 heterocycles. The van der Waals surface area contributed by atoms with Crippen LogP contribution in [0.2, 0.25) is 0 Å². The topological polar surface area (TPSA) is 59.7 Å². The number of ether oxygens (including phenoxy) is 1. The minimum Gasteiger partial charge on any atom is -0.487 e. The summed E-state index contributed by atoms with van der Waals surface area (Å²) in [6, 6.07) is 4.81. The predicted octanol–water partition coefficient (Wildman–Crippen LogP) is 4.80. The van der Waals surface area contributed by atoms with Gasteiger partial charge in [-0.05, 0) is 25.5 Å². The molecule has 1 aliphatic rings. The van der Waals surface area contributed by atoms with Crippen LogP contribution in [-0.2, 0) is 23.1 Å². The van der Waals surface area contributed by atoms with Gasteiger partial charge in [0.2, 0.25) is 0 Å². The molecule has 0 aliphatic carbocycles. The van der Waals surface area contributed by atoms with Gasteiger partial charge < -0.3 is 9.64 Å². The number of halogens is 3. The van der Waals surface area contributed by atoms with Crippen LogP contribution in [0.4, 0.5) is 13.2 Å². The number of benzene rings is 1. The maximum atomic E-state index is 14.9. The standard InChI is InChI=1S/C24H27F3N4O2/c1-6-24(26,27)14-33-16(4)22-21(28-7-2)13-31(23(22)32)11-18-9-8-17(10-20(18)25)19-12-30(5)29-15(19)3/h7-10,12H,4,6,11,13-14H2,1-3,5H3/b28-7-. The lowest BCUT2D eigenvalue weighted by molar-refractivity contribution is -0.126. The zero-order valence-electron chi connectivity index (χ0n) is 19.2. The number of aromatic nitrogens is 2. The van der Waals surface area contributed by atoms with E-state index in [1.54, 1.807) is 30.8 Å². The third kappa shape index (κ3) is 5.35. The van der Waals surface area contributed by atoms with Crippen molar-refractivity contribution in [2.24, 2.45) is 12.0 Å². The third-order valence-electron chi connectivity index (χ3n) is 5.41. The number of hydrogen-bond donors (Lipinski definition) is 0. The summed E-state index contributed by atoms with van der Waals surface area (Å²) >= 11 is 0. The molecule has 0 unspecified atom stereocenters. The molecule has 33 heavy (non-hydrogen) atoms. The second kappa shape index (κ2) is 9.64. The van der Waals surface area contributed by atoms with Gasteiger partial charge in [-0.3, -0.25) is 14.5 Å². The number of carbonyl (C=O) groups excluding carboxylic acids is 1. The van der Waals surface area contributed by atoms with Crippen LogP contribution in [0.15, 0.2) is 53.0 Å². The molecule has 0 saturated heterocycles. The van der Waals surface area contributed by atoms with Gasteiger partial charge in [-0.1, -0.05) is 25.6 Å². The van der Waals surface area contributed by atoms with E-state index in [9.17, 15) is 18.0 Å². The molecule has 0 saturated carbocycles. The molecule has 0 N–H and O–H groups in total. The molecule has 1 aromatic carbocycles. The molecule has 0 spiro atoms. The van der Waals surface area contributed by atoms with Gasteiger partial charge in [0.25, 0.3) is 11.8 Å². The van der Waals surface area contributed by atoms with Crippen molar-refractivity contribution in [3.8, 4) is 11.1 Å². The summed E-state index contributed by atoms with van der Waals surface area (Å²) in [5.74, 6) is -4.16. The van der Waals surface area contributed by atoms with Crippen LogP contribution in [0.25, 0.3) is 11.1 Å². The highest BCUT2D eigenvalue weighted by molar-refractivity contribution is 6.00. The minimum atomic E-state index is -3.03. The van der Waals surface area contributed by atoms with Gasteiger partial charge >= 0.3 is 0 Å². The molecule has 1 amide bonds. The minimum absolute atomic E-state index is 0.0123. The van der Waals surface area contributed by atoms with Gasteiger partial charge in [-0.15, -0.1) is 0 Å². The first-order valence-electron chi connectivity index (χ1n) is 10.6. The predicted molar refractivity (Wildman–Crippen MR) is 120 cm³/mol. The Labute approximate surface area is 191 Å². The Hall–Kier alpha value is -3.36. The maximum absolute atomic E-state index is 14.9. The largest absolute Gasteiger partial charge is 0.487 e. The van der Waals surface area contributed by atoms with E-state index in [0.29, 0.717) is 16.8 Å². The van der Waals surface area contributed by atoms with Gasteiger partial charge in [-0.2, -0.15) is 5.10 Å².